The molecule has 2 N–H and O–H groups in total. The fourth-order valence-corrected chi connectivity index (χ4v) is 5.17. The van der Waals surface area contributed by atoms with Gasteiger partial charge in [0.05, 0.1) is 42.7 Å². The Morgan fingerprint density at radius 2 is 1.77 bits per heavy atom. The van der Waals surface area contributed by atoms with Crippen molar-refractivity contribution in [3.8, 4) is 0 Å². The lowest BCUT2D eigenvalue weighted by Gasteiger charge is -2.36. The zero-order chi connectivity index (χ0) is 26.1. The Balaban J connectivity index is 2.05. The summed E-state index contributed by atoms with van der Waals surface area (Å²) in [5.74, 6) is 0.109. The minimum Gasteiger partial charge on any atom is -0.386 e. The quantitative estimate of drug-likeness (QED) is 0.437. The number of nitrogens with one attached hydrogen (secondary N) is 1. The molecule has 1 saturated heterocycles. The summed E-state index contributed by atoms with van der Waals surface area (Å²) < 4.78 is 11.5. The number of rotatable bonds is 13. The van der Waals surface area contributed by atoms with Gasteiger partial charge in [-0.2, -0.15) is 0 Å². The van der Waals surface area contributed by atoms with Crippen LogP contribution in [-0.2, 0) is 19.1 Å². The van der Waals surface area contributed by atoms with Gasteiger partial charge in [-0.1, -0.05) is 64.4 Å². The molecule has 7 nitrogen and oxygen atoms in total. The summed E-state index contributed by atoms with van der Waals surface area (Å²) in [6, 6.07) is 8.66. The van der Waals surface area contributed by atoms with E-state index in [0.717, 1.165) is 24.8 Å². The van der Waals surface area contributed by atoms with Crippen LogP contribution in [-0.4, -0.2) is 66.9 Å². The standard InChI is InChI=1S/C28H46N2O5/c1-8-18(2)19(3)24(34-6)17-25(31)30-16-12-15-23(30)27(35-7)20(4)28(33)29-21(5)26(32)22-13-10-9-11-14-22/h9-11,13-14,18-21,23-24,26-27,32H,8,12,15-17H2,1-7H3,(H,29,33)/t18?,19-,20+,21?,23-,24?,26?,27+/m0/s1. The lowest BCUT2D eigenvalue weighted by Crippen LogP contribution is -2.51. The largest absolute Gasteiger partial charge is 0.386 e. The van der Waals surface area contributed by atoms with Crippen LogP contribution in [0.5, 0.6) is 0 Å². The molecule has 1 fully saturated rings. The van der Waals surface area contributed by atoms with Crippen LogP contribution < -0.4 is 5.32 Å². The highest BCUT2D eigenvalue weighted by Crippen LogP contribution is 2.29. The fraction of sp³-hybridized carbons (Fsp3) is 0.714. The molecule has 0 bridgehead atoms. The van der Waals surface area contributed by atoms with E-state index in [0.29, 0.717) is 18.9 Å². The van der Waals surface area contributed by atoms with E-state index in [1.165, 1.54) is 0 Å². The summed E-state index contributed by atoms with van der Waals surface area (Å²) in [6.45, 7) is 10.8. The van der Waals surface area contributed by atoms with Crippen LogP contribution in [0.1, 0.15) is 72.0 Å². The minimum absolute atomic E-state index is 0.0528. The second kappa shape index (κ2) is 14.0. The van der Waals surface area contributed by atoms with Crippen LogP contribution in [0.3, 0.4) is 0 Å². The van der Waals surface area contributed by atoms with E-state index >= 15 is 0 Å². The van der Waals surface area contributed by atoms with Gasteiger partial charge in [-0.15, -0.1) is 0 Å². The number of benzene rings is 1. The van der Waals surface area contributed by atoms with Gasteiger partial charge in [-0.25, -0.2) is 0 Å². The van der Waals surface area contributed by atoms with Gasteiger partial charge in [-0.05, 0) is 37.2 Å². The molecular formula is C28H46N2O5. The van der Waals surface area contributed by atoms with Gasteiger partial charge >= 0.3 is 0 Å². The first kappa shape index (κ1) is 29.3. The second-order valence-electron chi connectivity index (χ2n) is 10.2. The first-order valence-electron chi connectivity index (χ1n) is 13.0. The number of nitrogens with zero attached hydrogens (tertiary/aromatic N) is 1. The molecule has 2 amide bonds. The number of methoxy groups -OCH3 is 2. The number of aliphatic hydroxyl groups excluding tert-OH is 1. The van der Waals surface area contributed by atoms with E-state index in [1.54, 1.807) is 21.1 Å². The molecule has 0 saturated carbocycles. The predicted octanol–water partition coefficient (Wildman–Crippen LogP) is 3.95. The average Bonchev–Trinajstić information content (AvgIpc) is 3.36. The summed E-state index contributed by atoms with van der Waals surface area (Å²) in [6.07, 6.45) is 1.66. The number of ether oxygens (including phenoxy) is 2. The molecular weight excluding hydrogens is 444 g/mol. The minimum atomic E-state index is -0.809. The lowest BCUT2D eigenvalue weighted by molar-refractivity contribution is -0.143. The number of amides is 2. The molecule has 0 aliphatic carbocycles. The van der Waals surface area contributed by atoms with E-state index in [4.69, 9.17) is 9.47 Å². The maximum atomic E-state index is 13.3. The lowest BCUT2D eigenvalue weighted by atomic mass is 9.87. The zero-order valence-electron chi connectivity index (χ0n) is 22.6. The molecule has 0 spiro atoms. The van der Waals surface area contributed by atoms with Crippen molar-refractivity contribution in [1.29, 1.82) is 0 Å². The topological polar surface area (TPSA) is 88.1 Å². The van der Waals surface area contributed by atoms with Crippen molar-refractivity contribution in [2.45, 2.75) is 90.7 Å². The van der Waals surface area contributed by atoms with Crippen LogP contribution >= 0.6 is 0 Å². The maximum absolute atomic E-state index is 13.3. The van der Waals surface area contributed by atoms with E-state index in [-0.39, 0.29) is 29.9 Å². The number of carbonyl (C=O) groups is 2. The van der Waals surface area contributed by atoms with Crippen molar-refractivity contribution >= 4 is 11.8 Å². The number of aliphatic hydroxyl groups is 1. The normalized spacial score (nSPS) is 22.1. The molecule has 2 rings (SSSR count). The highest BCUT2D eigenvalue weighted by atomic mass is 16.5. The Morgan fingerprint density at radius 3 is 2.34 bits per heavy atom. The van der Waals surface area contributed by atoms with Crippen LogP contribution in [0.15, 0.2) is 30.3 Å². The van der Waals surface area contributed by atoms with Crippen molar-refractivity contribution in [2.75, 3.05) is 20.8 Å². The summed E-state index contributed by atoms with van der Waals surface area (Å²) in [5, 5.41) is 13.6. The monoisotopic (exact) mass is 490 g/mol. The molecule has 1 aromatic rings. The van der Waals surface area contributed by atoms with Crippen molar-refractivity contribution in [3.05, 3.63) is 35.9 Å². The predicted molar refractivity (Wildman–Crippen MR) is 138 cm³/mol. The van der Waals surface area contributed by atoms with Crippen molar-refractivity contribution in [1.82, 2.24) is 10.2 Å². The number of likely N-dealkylation sites (tertiary alicyclic amines) is 1. The summed E-state index contributed by atoms with van der Waals surface area (Å²) in [5.41, 5.74) is 0.753. The van der Waals surface area contributed by atoms with Gasteiger partial charge in [0.15, 0.2) is 0 Å². The molecule has 1 aliphatic heterocycles. The van der Waals surface area contributed by atoms with E-state index < -0.39 is 24.2 Å². The van der Waals surface area contributed by atoms with Gasteiger partial charge < -0.3 is 24.8 Å². The van der Waals surface area contributed by atoms with Crippen molar-refractivity contribution in [2.24, 2.45) is 17.8 Å². The molecule has 1 heterocycles. The molecule has 7 heteroatoms. The first-order valence-corrected chi connectivity index (χ1v) is 13.0. The Kier molecular flexibility index (Phi) is 11.7. The van der Waals surface area contributed by atoms with E-state index in [1.807, 2.05) is 42.2 Å². The molecule has 0 radical (unpaired) electrons. The Hall–Kier alpha value is -1.96. The van der Waals surface area contributed by atoms with Gasteiger partial charge in [-0.3, -0.25) is 9.59 Å². The van der Waals surface area contributed by atoms with Gasteiger partial charge in [0.25, 0.3) is 0 Å². The van der Waals surface area contributed by atoms with Crippen molar-refractivity contribution < 1.29 is 24.2 Å². The average molecular weight is 491 g/mol. The highest BCUT2D eigenvalue weighted by Gasteiger charge is 2.41. The molecule has 198 valence electrons. The highest BCUT2D eigenvalue weighted by molar-refractivity contribution is 5.80. The van der Waals surface area contributed by atoms with Crippen molar-refractivity contribution in [3.63, 3.8) is 0 Å². The van der Waals surface area contributed by atoms with Crippen LogP contribution in [0.4, 0.5) is 0 Å². The van der Waals surface area contributed by atoms with Crippen LogP contribution in [0.25, 0.3) is 0 Å². The third-order valence-electron chi connectivity index (χ3n) is 7.97. The number of hydrogen-bond donors (Lipinski definition) is 2. The molecule has 1 aliphatic rings. The third-order valence-corrected chi connectivity index (χ3v) is 7.97. The smallest absolute Gasteiger partial charge is 0.225 e. The molecule has 4 unspecified atom stereocenters. The Labute approximate surface area is 211 Å². The zero-order valence-corrected chi connectivity index (χ0v) is 22.6. The van der Waals surface area contributed by atoms with Gasteiger partial charge in [0.2, 0.25) is 11.8 Å². The summed E-state index contributed by atoms with van der Waals surface area (Å²) in [7, 11) is 3.27. The maximum Gasteiger partial charge on any atom is 0.225 e. The van der Waals surface area contributed by atoms with Crippen LogP contribution in [0, 0.1) is 17.8 Å². The SMILES string of the molecule is CCC(C)[C@H](C)C(CC(=O)N1CCC[C@H]1[C@H](OC)[C@@H](C)C(=O)NC(C)C(O)c1ccccc1)OC. The Morgan fingerprint density at radius 1 is 1.11 bits per heavy atom. The fourth-order valence-electron chi connectivity index (χ4n) is 5.17. The Bertz CT molecular complexity index is 789. The van der Waals surface area contributed by atoms with E-state index in [9.17, 15) is 14.7 Å². The van der Waals surface area contributed by atoms with Gasteiger partial charge in [0.1, 0.15) is 0 Å². The van der Waals surface area contributed by atoms with E-state index in [2.05, 4.69) is 26.1 Å². The molecule has 1 aromatic carbocycles. The van der Waals surface area contributed by atoms with Gasteiger partial charge in [0, 0.05) is 20.8 Å². The molecule has 35 heavy (non-hydrogen) atoms. The first-order chi connectivity index (χ1) is 16.7. The molecule has 0 aromatic heterocycles. The molecule has 8 atom stereocenters. The summed E-state index contributed by atoms with van der Waals surface area (Å²) >= 11 is 0. The third kappa shape index (κ3) is 7.51. The van der Waals surface area contributed by atoms with Crippen LogP contribution in [0.2, 0.25) is 0 Å². The second-order valence-corrected chi connectivity index (χ2v) is 10.2. The number of hydrogen-bond acceptors (Lipinski definition) is 5. The number of carbonyl (C=O) groups excluding carboxylic acids is 2. The summed E-state index contributed by atoms with van der Waals surface area (Å²) in [4.78, 5) is 28.3.